The summed E-state index contributed by atoms with van der Waals surface area (Å²) in [5, 5.41) is 0. The molecule has 3 aromatic rings. The second kappa shape index (κ2) is 8.91. The Morgan fingerprint density at radius 1 is 0.786 bits per heavy atom. The van der Waals surface area contributed by atoms with Crippen LogP contribution < -0.4 is 0 Å². The lowest BCUT2D eigenvalue weighted by Crippen LogP contribution is -2.23. The van der Waals surface area contributed by atoms with E-state index in [1.54, 1.807) is 0 Å². The van der Waals surface area contributed by atoms with Gasteiger partial charge in [-0.15, -0.1) is 0 Å². The van der Waals surface area contributed by atoms with Crippen molar-refractivity contribution in [1.29, 1.82) is 0 Å². The van der Waals surface area contributed by atoms with Crippen LogP contribution in [0.3, 0.4) is 0 Å². The first-order valence-electron chi connectivity index (χ1n) is 9.85. The van der Waals surface area contributed by atoms with Gasteiger partial charge in [0.2, 0.25) is 0 Å². The maximum atomic E-state index is 3.51. The minimum atomic E-state index is 0.0451. The van der Waals surface area contributed by atoms with Crippen LogP contribution in [0.25, 0.3) is 0 Å². The normalized spacial score (nSPS) is 12.3. The largest absolute Gasteiger partial charge is 0.285 e. The molecule has 3 aromatic carbocycles. The van der Waals surface area contributed by atoms with E-state index in [1.165, 1.54) is 16.7 Å². The zero-order chi connectivity index (χ0) is 20.0. The van der Waals surface area contributed by atoms with Crippen LogP contribution in [0.4, 0.5) is 0 Å². The number of nitrogens with zero attached hydrogens (tertiary/aromatic N) is 1. The molecule has 0 amide bonds. The number of benzene rings is 3. The van der Waals surface area contributed by atoms with E-state index >= 15 is 0 Å². The fourth-order valence-corrected chi connectivity index (χ4v) is 3.25. The molecule has 142 valence electrons. The molecule has 0 spiro atoms. The SMILES string of the molecule is CN(Cc1ccccc1)C(C#Cc1ccc(C(C)(C)C)cc1)c1ccccc1. The van der Waals surface area contributed by atoms with Crippen LogP contribution in [0, 0.1) is 11.8 Å². The molecule has 1 heteroatoms. The Hall–Kier alpha value is -2.82. The van der Waals surface area contributed by atoms with Gasteiger partial charge < -0.3 is 0 Å². The number of hydrogen-bond acceptors (Lipinski definition) is 1. The van der Waals surface area contributed by atoms with Gasteiger partial charge in [0, 0.05) is 12.1 Å². The molecule has 1 nitrogen and oxygen atoms in total. The lowest BCUT2D eigenvalue weighted by molar-refractivity contribution is 0.285. The fraction of sp³-hybridized carbons (Fsp3) is 0.259. The molecule has 0 fully saturated rings. The average Bonchev–Trinajstić information content (AvgIpc) is 2.69. The summed E-state index contributed by atoms with van der Waals surface area (Å²) in [6.07, 6.45) is 0. The molecule has 0 bridgehead atoms. The molecule has 0 heterocycles. The zero-order valence-electron chi connectivity index (χ0n) is 17.3. The van der Waals surface area contributed by atoms with E-state index in [-0.39, 0.29) is 11.5 Å². The van der Waals surface area contributed by atoms with E-state index in [2.05, 4.69) is 129 Å². The third-order valence-corrected chi connectivity index (χ3v) is 4.94. The molecule has 3 rings (SSSR count). The molecule has 28 heavy (non-hydrogen) atoms. The number of hydrogen-bond donors (Lipinski definition) is 0. The topological polar surface area (TPSA) is 3.24 Å². The summed E-state index contributed by atoms with van der Waals surface area (Å²) in [6, 6.07) is 29.8. The Morgan fingerprint density at radius 2 is 1.36 bits per heavy atom. The van der Waals surface area contributed by atoms with Crippen LogP contribution in [0.2, 0.25) is 0 Å². The molecule has 0 saturated heterocycles. The molecule has 1 unspecified atom stereocenters. The van der Waals surface area contributed by atoms with Crippen molar-refractivity contribution in [2.24, 2.45) is 0 Å². The minimum absolute atomic E-state index is 0.0451. The third kappa shape index (κ3) is 5.35. The van der Waals surface area contributed by atoms with Crippen molar-refractivity contribution in [3.63, 3.8) is 0 Å². The second-order valence-corrected chi connectivity index (χ2v) is 8.31. The first-order chi connectivity index (χ1) is 13.4. The van der Waals surface area contributed by atoms with Gasteiger partial charge in [0.25, 0.3) is 0 Å². The monoisotopic (exact) mass is 367 g/mol. The van der Waals surface area contributed by atoms with E-state index < -0.39 is 0 Å². The van der Waals surface area contributed by atoms with Gasteiger partial charge >= 0.3 is 0 Å². The molecule has 0 aliphatic heterocycles. The van der Waals surface area contributed by atoms with Crippen LogP contribution in [-0.2, 0) is 12.0 Å². The van der Waals surface area contributed by atoms with Gasteiger partial charge in [-0.3, -0.25) is 4.90 Å². The average molecular weight is 368 g/mol. The van der Waals surface area contributed by atoms with Crippen LogP contribution in [-0.4, -0.2) is 11.9 Å². The van der Waals surface area contributed by atoms with Crippen molar-refractivity contribution in [3.05, 3.63) is 107 Å². The highest BCUT2D eigenvalue weighted by Crippen LogP contribution is 2.23. The van der Waals surface area contributed by atoms with E-state index in [1.807, 2.05) is 0 Å². The summed E-state index contributed by atoms with van der Waals surface area (Å²) in [5.41, 5.74) is 5.07. The molecule has 0 N–H and O–H groups in total. The maximum Gasteiger partial charge on any atom is 0.0975 e. The smallest absolute Gasteiger partial charge is 0.0975 e. The molecule has 0 saturated carbocycles. The molecule has 0 aliphatic carbocycles. The fourth-order valence-electron chi connectivity index (χ4n) is 3.25. The highest BCUT2D eigenvalue weighted by molar-refractivity contribution is 5.40. The molecular weight excluding hydrogens is 338 g/mol. The van der Waals surface area contributed by atoms with Gasteiger partial charge in [-0.05, 0) is 41.3 Å². The standard InChI is InChI=1S/C27H29N/c1-27(2,3)25-18-15-22(16-19-25)17-20-26(24-13-9-6-10-14-24)28(4)21-23-11-7-5-8-12-23/h5-16,18-19,26H,21H2,1-4H3. The van der Waals surface area contributed by atoms with Crippen LogP contribution in [0.15, 0.2) is 84.9 Å². The summed E-state index contributed by atoms with van der Waals surface area (Å²) >= 11 is 0. The van der Waals surface area contributed by atoms with Gasteiger partial charge in [-0.2, -0.15) is 0 Å². The molecule has 0 aromatic heterocycles. The lowest BCUT2D eigenvalue weighted by atomic mass is 9.87. The second-order valence-electron chi connectivity index (χ2n) is 8.31. The van der Waals surface area contributed by atoms with Crippen molar-refractivity contribution in [2.45, 2.75) is 38.8 Å². The third-order valence-electron chi connectivity index (χ3n) is 4.94. The first-order valence-corrected chi connectivity index (χ1v) is 9.85. The van der Waals surface area contributed by atoms with Gasteiger partial charge in [0.05, 0.1) is 6.04 Å². The Labute approximate surface area is 170 Å². The molecule has 0 radical (unpaired) electrons. The summed E-state index contributed by atoms with van der Waals surface area (Å²) in [6.45, 7) is 7.56. The summed E-state index contributed by atoms with van der Waals surface area (Å²) in [5.74, 6) is 6.90. The predicted molar refractivity (Wildman–Crippen MR) is 119 cm³/mol. The Balaban J connectivity index is 1.85. The number of rotatable bonds is 4. The van der Waals surface area contributed by atoms with Crippen LogP contribution in [0.5, 0.6) is 0 Å². The van der Waals surface area contributed by atoms with Crippen LogP contribution in [0.1, 0.15) is 49.1 Å². The molecule has 1 atom stereocenters. The van der Waals surface area contributed by atoms with Gasteiger partial charge in [0.15, 0.2) is 0 Å². The minimum Gasteiger partial charge on any atom is -0.285 e. The maximum absolute atomic E-state index is 3.51. The molecular formula is C27H29N. The van der Waals surface area contributed by atoms with E-state index in [0.29, 0.717) is 0 Å². The van der Waals surface area contributed by atoms with Crippen molar-refractivity contribution in [3.8, 4) is 11.8 Å². The Morgan fingerprint density at radius 3 is 1.93 bits per heavy atom. The summed E-state index contributed by atoms with van der Waals surface area (Å²) in [7, 11) is 2.14. The highest BCUT2D eigenvalue weighted by atomic mass is 15.1. The Bertz CT molecular complexity index is 923. The van der Waals surface area contributed by atoms with Crippen LogP contribution >= 0.6 is 0 Å². The summed E-state index contributed by atoms with van der Waals surface area (Å²) in [4.78, 5) is 2.31. The quantitative estimate of drug-likeness (QED) is 0.496. The first kappa shape index (κ1) is 19.9. The zero-order valence-corrected chi connectivity index (χ0v) is 17.3. The van der Waals surface area contributed by atoms with Crippen molar-refractivity contribution in [2.75, 3.05) is 7.05 Å². The van der Waals surface area contributed by atoms with Gasteiger partial charge in [-0.25, -0.2) is 0 Å². The molecule has 0 aliphatic rings. The predicted octanol–water partition coefficient (Wildman–Crippen LogP) is 6.21. The van der Waals surface area contributed by atoms with E-state index in [9.17, 15) is 0 Å². The van der Waals surface area contributed by atoms with Crippen molar-refractivity contribution >= 4 is 0 Å². The Kier molecular flexibility index (Phi) is 6.34. The van der Waals surface area contributed by atoms with Gasteiger partial charge in [0.1, 0.15) is 0 Å². The summed E-state index contributed by atoms with van der Waals surface area (Å²) < 4.78 is 0. The highest BCUT2D eigenvalue weighted by Gasteiger charge is 2.15. The van der Waals surface area contributed by atoms with E-state index in [4.69, 9.17) is 0 Å². The van der Waals surface area contributed by atoms with Gasteiger partial charge in [-0.1, -0.05) is 105 Å². The lowest BCUT2D eigenvalue weighted by Gasteiger charge is -2.24. The van der Waals surface area contributed by atoms with Crippen molar-refractivity contribution < 1.29 is 0 Å². The van der Waals surface area contributed by atoms with Crippen molar-refractivity contribution in [1.82, 2.24) is 4.90 Å². The van der Waals surface area contributed by atoms with E-state index in [0.717, 1.165) is 12.1 Å².